The van der Waals surface area contributed by atoms with Crippen molar-refractivity contribution in [2.45, 2.75) is 4.90 Å². The Morgan fingerprint density at radius 1 is 1.00 bits per heavy atom. The van der Waals surface area contributed by atoms with Crippen LogP contribution in [0, 0.1) is 11.3 Å². The summed E-state index contributed by atoms with van der Waals surface area (Å²) in [6, 6.07) is 15.5. The fraction of sp³-hybridized carbons (Fsp3) is 0. The number of rotatable bonds is 4. The molecule has 3 aromatic rings. The Labute approximate surface area is 171 Å². The number of sulfone groups is 1. The molecule has 1 aromatic heterocycles. The van der Waals surface area contributed by atoms with Crippen molar-refractivity contribution in [1.82, 2.24) is 0 Å². The fourth-order valence-corrected chi connectivity index (χ4v) is 3.97. The summed E-state index contributed by atoms with van der Waals surface area (Å²) in [7, 11) is -4.00. The van der Waals surface area contributed by atoms with E-state index < -0.39 is 14.7 Å². The number of nitriles is 1. The lowest BCUT2D eigenvalue weighted by molar-refractivity contribution is 0.571. The van der Waals surface area contributed by atoms with Gasteiger partial charge in [-0.25, -0.2) is 8.42 Å². The van der Waals surface area contributed by atoms with E-state index >= 15 is 0 Å². The molecule has 0 N–H and O–H groups in total. The summed E-state index contributed by atoms with van der Waals surface area (Å²) in [6.45, 7) is 0. The normalized spacial score (nSPS) is 12.0. The van der Waals surface area contributed by atoms with Gasteiger partial charge in [-0.3, -0.25) is 0 Å². The van der Waals surface area contributed by atoms with Crippen molar-refractivity contribution in [3.63, 3.8) is 0 Å². The van der Waals surface area contributed by atoms with E-state index in [9.17, 15) is 13.7 Å². The van der Waals surface area contributed by atoms with Crippen LogP contribution in [0.4, 0.5) is 0 Å². The summed E-state index contributed by atoms with van der Waals surface area (Å²) in [4.78, 5) is -0.493. The number of benzene rings is 2. The maximum atomic E-state index is 12.6. The zero-order chi connectivity index (χ0) is 19.6. The molecule has 0 saturated heterocycles. The van der Waals surface area contributed by atoms with Gasteiger partial charge in [-0.1, -0.05) is 40.9 Å². The zero-order valence-corrected chi connectivity index (χ0v) is 16.6. The lowest BCUT2D eigenvalue weighted by Crippen LogP contribution is -2.03. The second-order valence-corrected chi connectivity index (χ2v) is 8.52. The Morgan fingerprint density at radius 2 is 1.70 bits per heavy atom. The van der Waals surface area contributed by atoms with Crippen LogP contribution < -0.4 is 0 Å². The number of allylic oxidation sites excluding steroid dienone is 1. The van der Waals surface area contributed by atoms with Crippen LogP contribution in [0.1, 0.15) is 5.76 Å². The third kappa shape index (κ3) is 4.05. The molecular weight excluding hydrogens is 429 g/mol. The molecule has 2 aromatic carbocycles. The van der Waals surface area contributed by atoms with Gasteiger partial charge in [0.05, 0.1) is 14.9 Å². The summed E-state index contributed by atoms with van der Waals surface area (Å²) in [6.07, 6.45) is 1.16. The quantitative estimate of drug-likeness (QED) is 0.452. The van der Waals surface area contributed by atoms with Gasteiger partial charge in [-0.05, 0) is 48.5 Å². The molecule has 0 atom stereocenters. The molecular formula is C19H10Cl3NO3S. The Kier molecular flexibility index (Phi) is 5.64. The van der Waals surface area contributed by atoms with Gasteiger partial charge in [0, 0.05) is 16.7 Å². The van der Waals surface area contributed by atoms with E-state index in [0.29, 0.717) is 26.4 Å². The SMILES string of the molecule is N#CC(=Cc1ccc(-c2cccc(Cl)c2Cl)o1)S(=O)(=O)c1ccc(Cl)cc1. The number of halogens is 3. The first-order valence-corrected chi connectivity index (χ1v) is 10.1. The van der Waals surface area contributed by atoms with E-state index in [1.165, 1.54) is 24.3 Å². The maximum absolute atomic E-state index is 12.6. The first-order valence-electron chi connectivity index (χ1n) is 7.49. The molecule has 0 aliphatic heterocycles. The maximum Gasteiger partial charge on any atom is 0.216 e. The summed E-state index contributed by atoms with van der Waals surface area (Å²) < 4.78 is 30.9. The predicted molar refractivity (Wildman–Crippen MR) is 106 cm³/mol. The van der Waals surface area contributed by atoms with Crippen LogP contribution in [0.5, 0.6) is 0 Å². The van der Waals surface area contributed by atoms with Crippen molar-refractivity contribution in [1.29, 1.82) is 5.26 Å². The van der Waals surface area contributed by atoms with Gasteiger partial charge >= 0.3 is 0 Å². The Hall–Kier alpha value is -2.23. The molecule has 1 heterocycles. The summed E-state index contributed by atoms with van der Waals surface area (Å²) >= 11 is 17.9. The van der Waals surface area contributed by atoms with Gasteiger partial charge in [0.2, 0.25) is 9.84 Å². The van der Waals surface area contributed by atoms with E-state index in [2.05, 4.69) is 0 Å². The molecule has 0 bridgehead atoms. The molecule has 0 saturated carbocycles. The van der Waals surface area contributed by atoms with Crippen molar-refractivity contribution in [3.05, 3.63) is 80.3 Å². The molecule has 0 aliphatic carbocycles. The van der Waals surface area contributed by atoms with Gasteiger partial charge in [0.15, 0.2) is 4.91 Å². The highest BCUT2D eigenvalue weighted by molar-refractivity contribution is 7.95. The molecule has 3 rings (SSSR count). The molecule has 0 spiro atoms. The highest BCUT2D eigenvalue weighted by atomic mass is 35.5. The van der Waals surface area contributed by atoms with Crippen molar-refractivity contribution in [2.75, 3.05) is 0 Å². The van der Waals surface area contributed by atoms with Gasteiger partial charge in [0.1, 0.15) is 17.6 Å². The average Bonchev–Trinajstić information content (AvgIpc) is 3.10. The van der Waals surface area contributed by atoms with Gasteiger partial charge < -0.3 is 4.42 Å². The Morgan fingerprint density at radius 3 is 2.37 bits per heavy atom. The summed E-state index contributed by atoms with van der Waals surface area (Å²) in [5.41, 5.74) is 0.558. The highest BCUT2D eigenvalue weighted by Crippen LogP contribution is 2.35. The standard InChI is InChI=1S/C19H10Cl3NO3S/c20-12-4-7-14(8-5-12)27(24,25)15(11-23)10-13-6-9-18(26-13)16-2-1-3-17(21)19(16)22/h1-10H. The summed E-state index contributed by atoms with van der Waals surface area (Å²) in [5.74, 6) is 0.588. The molecule has 136 valence electrons. The van der Waals surface area contributed by atoms with Crippen LogP contribution in [0.25, 0.3) is 17.4 Å². The molecule has 0 aliphatic rings. The largest absolute Gasteiger partial charge is 0.457 e. The predicted octanol–water partition coefficient (Wildman–Crippen LogP) is 6.25. The van der Waals surface area contributed by atoms with Crippen LogP contribution in [-0.4, -0.2) is 8.42 Å². The lowest BCUT2D eigenvalue weighted by Gasteiger charge is -2.03. The van der Waals surface area contributed by atoms with E-state index in [0.717, 1.165) is 6.08 Å². The van der Waals surface area contributed by atoms with Crippen molar-refractivity contribution >= 4 is 50.7 Å². The molecule has 4 nitrogen and oxygen atoms in total. The zero-order valence-electron chi connectivity index (χ0n) is 13.5. The van der Waals surface area contributed by atoms with Crippen LogP contribution >= 0.6 is 34.8 Å². The van der Waals surface area contributed by atoms with Crippen molar-refractivity contribution in [3.8, 4) is 17.4 Å². The van der Waals surface area contributed by atoms with Crippen LogP contribution in [-0.2, 0) is 9.84 Å². The highest BCUT2D eigenvalue weighted by Gasteiger charge is 2.21. The first kappa shape index (κ1) is 19.5. The summed E-state index contributed by atoms with van der Waals surface area (Å²) in [5, 5.41) is 10.4. The molecule has 0 amide bonds. The molecule has 8 heteroatoms. The van der Waals surface area contributed by atoms with Crippen LogP contribution in [0.2, 0.25) is 15.1 Å². The van der Waals surface area contributed by atoms with Crippen molar-refractivity contribution < 1.29 is 12.8 Å². The molecule has 27 heavy (non-hydrogen) atoms. The topological polar surface area (TPSA) is 71.1 Å². The number of nitrogens with zero attached hydrogens (tertiary/aromatic N) is 1. The van der Waals surface area contributed by atoms with Gasteiger partial charge in [-0.2, -0.15) is 5.26 Å². The number of hydrogen-bond acceptors (Lipinski definition) is 4. The minimum atomic E-state index is -4.00. The van der Waals surface area contributed by atoms with Gasteiger partial charge in [0.25, 0.3) is 0 Å². The third-order valence-electron chi connectivity index (χ3n) is 3.64. The van der Waals surface area contributed by atoms with E-state index in [1.54, 1.807) is 36.4 Å². The number of hydrogen-bond donors (Lipinski definition) is 0. The first-order chi connectivity index (χ1) is 12.8. The average molecular weight is 439 g/mol. The lowest BCUT2D eigenvalue weighted by atomic mass is 10.2. The molecule has 0 unspecified atom stereocenters. The van der Waals surface area contributed by atoms with Crippen LogP contribution in [0.15, 0.2) is 68.8 Å². The smallest absolute Gasteiger partial charge is 0.216 e. The number of furan rings is 1. The monoisotopic (exact) mass is 437 g/mol. The second-order valence-electron chi connectivity index (χ2n) is 5.38. The molecule has 0 radical (unpaired) electrons. The molecule has 0 fully saturated rings. The minimum absolute atomic E-state index is 0.0376. The van der Waals surface area contributed by atoms with Gasteiger partial charge in [-0.15, -0.1) is 0 Å². The second kappa shape index (κ2) is 7.79. The fourth-order valence-electron chi connectivity index (χ4n) is 2.31. The van der Waals surface area contributed by atoms with Crippen LogP contribution in [0.3, 0.4) is 0 Å². The Balaban J connectivity index is 2.00. The van der Waals surface area contributed by atoms with E-state index in [4.69, 9.17) is 39.2 Å². The Bertz CT molecular complexity index is 1170. The van der Waals surface area contributed by atoms with Crippen molar-refractivity contribution in [2.24, 2.45) is 0 Å². The minimum Gasteiger partial charge on any atom is -0.457 e. The van der Waals surface area contributed by atoms with E-state index in [-0.39, 0.29) is 10.7 Å². The third-order valence-corrected chi connectivity index (χ3v) is 6.39. The van der Waals surface area contributed by atoms with E-state index in [1.807, 2.05) is 0 Å².